The van der Waals surface area contributed by atoms with Crippen molar-refractivity contribution in [3.63, 3.8) is 0 Å². The summed E-state index contributed by atoms with van der Waals surface area (Å²) in [6, 6.07) is 4.98. The highest BCUT2D eigenvalue weighted by Gasteiger charge is 2.13. The van der Waals surface area contributed by atoms with Crippen molar-refractivity contribution in [2.24, 2.45) is 5.16 Å². The van der Waals surface area contributed by atoms with Crippen molar-refractivity contribution in [3.8, 4) is 11.5 Å². The van der Waals surface area contributed by atoms with Gasteiger partial charge < -0.3 is 20.0 Å². The van der Waals surface area contributed by atoms with Crippen LogP contribution in [0.15, 0.2) is 23.4 Å². The fourth-order valence-corrected chi connectivity index (χ4v) is 1.20. The minimum Gasteiger partial charge on any atom is -0.454 e. The molecule has 0 spiro atoms. The van der Waals surface area contributed by atoms with Crippen LogP contribution in [-0.2, 0) is 4.79 Å². The highest BCUT2D eigenvalue weighted by atomic mass is 16.7. The number of fused-ring (bicyclic) bond motifs is 1. The lowest BCUT2D eigenvalue weighted by atomic mass is 10.3. The van der Waals surface area contributed by atoms with Crippen LogP contribution in [0.5, 0.6) is 11.5 Å². The maximum absolute atomic E-state index is 11.0. The molecule has 1 aliphatic rings. The number of hydrogen-bond acceptors (Lipinski definition) is 5. The van der Waals surface area contributed by atoms with E-state index in [9.17, 15) is 4.79 Å². The number of benzene rings is 1. The van der Waals surface area contributed by atoms with Gasteiger partial charge in [0, 0.05) is 11.8 Å². The molecule has 0 radical (unpaired) electrons. The minimum atomic E-state index is -0.517. The number of amides is 1. The van der Waals surface area contributed by atoms with Crippen molar-refractivity contribution >= 4 is 17.8 Å². The van der Waals surface area contributed by atoms with Gasteiger partial charge in [0.15, 0.2) is 11.5 Å². The Morgan fingerprint density at radius 2 is 2.27 bits per heavy atom. The summed E-state index contributed by atoms with van der Waals surface area (Å²) in [4.78, 5) is 11.0. The van der Waals surface area contributed by atoms with E-state index in [4.69, 9.17) is 14.7 Å². The molecule has 0 saturated heterocycles. The zero-order chi connectivity index (χ0) is 10.7. The Kier molecular flexibility index (Phi) is 2.40. The Bertz CT molecular complexity index is 417. The Balaban J connectivity index is 2.13. The highest BCUT2D eigenvalue weighted by Crippen LogP contribution is 2.34. The molecule has 2 N–H and O–H groups in total. The minimum absolute atomic E-state index is 0.185. The first-order valence-electron chi connectivity index (χ1n) is 4.17. The smallest absolute Gasteiger partial charge is 0.270 e. The molecule has 2 rings (SSSR count). The molecule has 0 aliphatic carbocycles. The molecule has 6 heteroatoms. The molecule has 0 fully saturated rings. The Morgan fingerprint density at radius 1 is 1.47 bits per heavy atom. The van der Waals surface area contributed by atoms with Crippen LogP contribution in [0.3, 0.4) is 0 Å². The Hall–Kier alpha value is -2.24. The number of hydrogen-bond donors (Lipinski definition) is 2. The van der Waals surface area contributed by atoms with E-state index in [1.807, 2.05) is 0 Å². The molecular weight excluding hydrogens is 200 g/mol. The molecule has 78 valence electrons. The van der Waals surface area contributed by atoms with Gasteiger partial charge in [-0.1, -0.05) is 5.16 Å². The first kappa shape index (κ1) is 9.32. The van der Waals surface area contributed by atoms with E-state index < -0.39 is 5.91 Å². The van der Waals surface area contributed by atoms with Crippen molar-refractivity contribution in [3.05, 3.63) is 18.2 Å². The number of ether oxygens (including phenoxy) is 2. The van der Waals surface area contributed by atoms with E-state index in [1.165, 1.54) is 0 Å². The molecule has 6 nitrogen and oxygen atoms in total. The number of oxime groups is 1. The second-order valence-corrected chi connectivity index (χ2v) is 2.80. The van der Waals surface area contributed by atoms with E-state index in [1.54, 1.807) is 18.2 Å². The van der Waals surface area contributed by atoms with Crippen LogP contribution in [0.2, 0.25) is 0 Å². The highest BCUT2D eigenvalue weighted by molar-refractivity contribution is 6.31. The molecular formula is C9H8N2O4. The predicted molar refractivity (Wildman–Crippen MR) is 51.5 cm³/mol. The second kappa shape index (κ2) is 3.87. The average Bonchev–Trinajstić information content (AvgIpc) is 2.65. The molecule has 0 saturated carbocycles. The van der Waals surface area contributed by atoms with E-state index >= 15 is 0 Å². The summed E-state index contributed by atoms with van der Waals surface area (Å²) in [6.07, 6.45) is 0.768. The molecule has 0 bridgehead atoms. The Morgan fingerprint density at radius 3 is 3.07 bits per heavy atom. The molecule has 0 atom stereocenters. The third-order valence-corrected chi connectivity index (χ3v) is 1.82. The zero-order valence-corrected chi connectivity index (χ0v) is 7.64. The first-order chi connectivity index (χ1) is 7.29. The molecule has 1 aliphatic heterocycles. The summed E-state index contributed by atoms with van der Waals surface area (Å²) in [7, 11) is 0. The molecule has 0 unspecified atom stereocenters. The topological polar surface area (TPSA) is 80.2 Å². The maximum Gasteiger partial charge on any atom is 0.270 e. The number of nitrogens with zero attached hydrogens (tertiary/aromatic N) is 1. The quantitative estimate of drug-likeness (QED) is 0.428. The van der Waals surface area contributed by atoms with E-state index in [0.717, 1.165) is 6.21 Å². The van der Waals surface area contributed by atoms with Gasteiger partial charge in [0.25, 0.3) is 5.91 Å². The zero-order valence-electron chi connectivity index (χ0n) is 7.64. The summed E-state index contributed by atoms with van der Waals surface area (Å²) < 4.78 is 10.2. The van der Waals surface area contributed by atoms with Gasteiger partial charge in [0.1, 0.15) is 6.21 Å². The number of carbonyl (C=O) groups excluding carboxylic acids is 1. The summed E-state index contributed by atoms with van der Waals surface area (Å²) in [5.74, 6) is 0.703. The SMILES string of the molecule is O=C(C=NO)Nc1ccc2c(c1)OCO2. The average molecular weight is 208 g/mol. The summed E-state index contributed by atoms with van der Waals surface area (Å²) in [5, 5.41) is 13.2. The van der Waals surface area contributed by atoms with Gasteiger partial charge in [0.2, 0.25) is 6.79 Å². The monoisotopic (exact) mass is 208 g/mol. The van der Waals surface area contributed by atoms with Crippen LogP contribution in [0.25, 0.3) is 0 Å². The van der Waals surface area contributed by atoms with Gasteiger partial charge in [-0.05, 0) is 12.1 Å². The van der Waals surface area contributed by atoms with E-state index in [-0.39, 0.29) is 6.79 Å². The molecule has 1 aromatic rings. The third kappa shape index (κ3) is 1.98. The fraction of sp³-hybridized carbons (Fsp3) is 0.111. The fourth-order valence-electron chi connectivity index (χ4n) is 1.20. The third-order valence-electron chi connectivity index (χ3n) is 1.82. The van der Waals surface area contributed by atoms with Gasteiger partial charge in [-0.25, -0.2) is 0 Å². The van der Waals surface area contributed by atoms with E-state index in [0.29, 0.717) is 17.2 Å². The van der Waals surface area contributed by atoms with Crippen LogP contribution in [0.1, 0.15) is 0 Å². The second-order valence-electron chi connectivity index (χ2n) is 2.80. The van der Waals surface area contributed by atoms with Gasteiger partial charge in [-0.2, -0.15) is 0 Å². The lowest BCUT2D eigenvalue weighted by molar-refractivity contribution is -0.110. The maximum atomic E-state index is 11.0. The van der Waals surface area contributed by atoms with Gasteiger partial charge in [0.05, 0.1) is 0 Å². The van der Waals surface area contributed by atoms with Crippen LogP contribution in [-0.4, -0.2) is 24.1 Å². The summed E-state index contributed by atoms with van der Waals surface area (Å²) in [6.45, 7) is 0.185. The van der Waals surface area contributed by atoms with Crippen LogP contribution in [0.4, 0.5) is 5.69 Å². The molecule has 1 aromatic carbocycles. The lowest BCUT2D eigenvalue weighted by Gasteiger charge is -2.02. The van der Waals surface area contributed by atoms with Gasteiger partial charge in [-0.3, -0.25) is 4.79 Å². The van der Waals surface area contributed by atoms with Crippen molar-refractivity contribution in [1.82, 2.24) is 0 Å². The Labute approximate surface area is 85.1 Å². The van der Waals surface area contributed by atoms with Gasteiger partial charge in [-0.15, -0.1) is 0 Å². The number of carbonyl (C=O) groups is 1. The van der Waals surface area contributed by atoms with Crippen molar-refractivity contribution in [1.29, 1.82) is 0 Å². The molecule has 15 heavy (non-hydrogen) atoms. The molecule has 0 aromatic heterocycles. The molecule has 1 amide bonds. The summed E-state index contributed by atoms with van der Waals surface area (Å²) in [5.41, 5.74) is 0.546. The lowest BCUT2D eigenvalue weighted by Crippen LogP contribution is -2.12. The largest absolute Gasteiger partial charge is 0.454 e. The number of anilines is 1. The van der Waals surface area contributed by atoms with Crippen LogP contribution in [0, 0.1) is 0 Å². The summed E-state index contributed by atoms with van der Waals surface area (Å²) >= 11 is 0. The number of rotatable bonds is 2. The van der Waals surface area contributed by atoms with Crippen molar-refractivity contribution in [2.45, 2.75) is 0 Å². The van der Waals surface area contributed by atoms with Crippen molar-refractivity contribution < 1.29 is 19.5 Å². The normalized spacial score (nSPS) is 13.1. The van der Waals surface area contributed by atoms with Crippen molar-refractivity contribution in [2.75, 3.05) is 12.1 Å². The van der Waals surface area contributed by atoms with E-state index in [2.05, 4.69) is 10.5 Å². The predicted octanol–water partition coefficient (Wildman–Crippen LogP) is 0.814. The molecule has 1 heterocycles. The number of nitrogens with one attached hydrogen (secondary N) is 1. The van der Waals surface area contributed by atoms with Gasteiger partial charge >= 0.3 is 0 Å². The standard InChI is InChI=1S/C9H8N2O4/c12-9(4-10-13)11-6-1-2-7-8(3-6)15-5-14-7/h1-4,13H,5H2,(H,11,12). The van der Waals surface area contributed by atoms with Crippen LogP contribution < -0.4 is 14.8 Å². The first-order valence-corrected chi connectivity index (χ1v) is 4.17. The van der Waals surface area contributed by atoms with Crippen LogP contribution >= 0.6 is 0 Å².